The molecular formula is C10H13N3O2. The topological polar surface area (TPSA) is 68.5 Å². The number of carbonyl (C=O) groups is 1. The third kappa shape index (κ3) is 1.92. The third-order valence-corrected chi connectivity index (χ3v) is 2.39. The van der Waals surface area contributed by atoms with Crippen LogP contribution >= 0.6 is 0 Å². The number of amides is 1. The summed E-state index contributed by atoms with van der Waals surface area (Å²) in [5.74, 6) is 0.433. The molecule has 0 unspecified atom stereocenters. The van der Waals surface area contributed by atoms with Gasteiger partial charge in [-0.05, 0) is 6.07 Å². The molecule has 0 saturated carbocycles. The molecule has 0 atom stereocenters. The van der Waals surface area contributed by atoms with Gasteiger partial charge in [-0.3, -0.25) is 4.79 Å². The van der Waals surface area contributed by atoms with E-state index in [0.29, 0.717) is 24.5 Å². The number of hydrogen-bond acceptors (Lipinski definition) is 4. The van der Waals surface area contributed by atoms with Gasteiger partial charge < -0.3 is 15.4 Å². The number of nitrogens with zero attached hydrogens (tertiary/aromatic N) is 2. The summed E-state index contributed by atoms with van der Waals surface area (Å²) < 4.78 is 4.95. The molecular weight excluding hydrogens is 194 g/mol. The molecule has 1 saturated heterocycles. The molecule has 2 N–H and O–H groups in total. The lowest BCUT2D eigenvalue weighted by Crippen LogP contribution is -2.57. The number of aromatic nitrogens is 1. The number of pyridine rings is 1. The Bertz CT molecular complexity index is 375. The molecule has 5 heteroatoms. The average Bonchev–Trinajstić information content (AvgIpc) is 2.24. The summed E-state index contributed by atoms with van der Waals surface area (Å²) in [5, 5.41) is 0. The second-order valence-corrected chi connectivity index (χ2v) is 3.56. The molecule has 1 aliphatic rings. The van der Waals surface area contributed by atoms with Crippen molar-refractivity contribution in [2.24, 2.45) is 5.73 Å². The van der Waals surface area contributed by atoms with Gasteiger partial charge >= 0.3 is 0 Å². The quantitative estimate of drug-likeness (QED) is 0.733. The number of carbonyl (C=O) groups excluding carboxylic acids is 1. The van der Waals surface area contributed by atoms with Gasteiger partial charge in [-0.2, -0.15) is 0 Å². The van der Waals surface area contributed by atoms with Gasteiger partial charge in [0.1, 0.15) is 0 Å². The van der Waals surface area contributed by atoms with Crippen LogP contribution in [0, 0.1) is 0 Å². The normalized spacial score (nSPS) is 16.0. The van der Waals surface area contributed by atoms with Crippen LogP contribution in [0.4, 0.5) is 0 Å². The van der Waals surface area contributed by atoms with Gasteiger partial charge in [-0.1, -0.05) is 0 Å². The summed E-state index contributed by atoms with van der Waals surface area (Å²) in [6.45, 7) is 1.26. The van der Waals surface area contributed by atoms with Crippen LogP contribution in [-0.4, -0.2) is 42.0 Å². The van der Waals surface area contributed by atoms with Crippen molar-refractivity contribution in [1.82, 2.24) is 9.88 Å². The number of nitrogens with two attached hydrogens (primary N) is 1. The Kier molecular flexibility index (Phi) is 2.55. The molecule has 80 valence electrons. The zero-order valence-corrected chi connectivity index (χ0v) is 8.51. The Balaban J connectivity index is 2.11. The van der Waals surface area contributed by atoms with Crippen LogP contribution in [0.1, 0.15) is 10.4 Å². The second-order valence-electron chi connectivity index (χ2n) is 3.56. The summed E-state index contributed by atoms with van der Waals surface area (Å²) in [4.78, 5) is 17.5. The molecule has 2 heterocycles. The SMILES string of the molecule is COc1cc(C(=O)N2CC(N)C2)ccn1. The first-order chi connectivity index (χ1) is 7.20. The molecule has 2 rings (SSSR count). The number of methoxy groups -OCH3 is 1. The van der Waals surface area contributed by atoms with E-state index in [1.54, 1.807) is 23.2 Å². The van der Waals surface area contributed by atoms with E-state index >= 15 is 0 Å². The highest BCUT2D eigenvalue weighted by Crippen LogP contribution is 2.14. The van der Waals surface area contributed by atoms with Crippen LogP contribution < -0.4 is 10.5 Å². The lowest BCUT2D eigenvalue weighted by molar-refractivity contribution is 0.0607. The maximum absolute atomic E-state index is 11.8. The summed E-state index contributed by atoms with van der Waals surface area (Å²) >= 11 is 0. The number of hydrogen-bond donors (Lipinski definition) is 1. The van der Waals surface area contributed by atoms with Gasteiger partial charge in [0.2, 0.25) is 5.88 Å². The largest absolute Gasteiger partial charge is 0.481 e. The first-order valence-electron chi connectivity index (χ1n) is 4.75. The lowest BCUT2D eigenvalue weighted by atomic mass is 10.1. The van der Waals surface area contributed by atoms with Gasteiger partial charge in [0.05, 0.1) is 7.11 Å². The van der Waals surface area contributed by atoms with E-state index in [9.17, 15) is 4.79 Å². The number of rotatable bonds is 2. The van der Waals surface area contributed by atoms with Gasteiger partial charge in [0.15, 0.2) is 0 Å². The fourth-order valence-corrected chi connectivity index (χ4v) is 1.52. The molecule has 0 radical (unpaired) electrons. The van der Waals surface area contributed by atoms with E-state index in [1.807, 2.05) is 0 Å². The van der Waals surface area contributed by atoms with E-state index in [0.717, 1.165) is 0 Å². The van der Waals surface area contributed by atoms with Crippen molar-refractivity contribution in [3.05, 3.63) is 23.9 Å². The molecule has 5 nitrogen and oxygen atoms in total. The summed E-state index contributed by atoms with van der Waals surface area (Å²) in [6, 6.07) is 3.43. The lowest BCUT2D eigenvalue weighted by Gasteiger charge is -2.36. The van der Waals surface area contributed by atoms with E-state index in [-0.39, 0.29) is 11.9 Å². The molecule has 15 heavy (non-hydrogen) atoms. The number of ether oxygens (including phenoxy) is 1. The Hall–Kier alpha value is -1.62. The van der Waals surface area contributed by atoms with Crippen LogP contribution in [-0.2, 0) is 0 Å². The molecule has 1 aromatic rings. The Morgan fingerprint density at radius 1 is 1.67 bits per heavy atom. The summed E-state index contributed by atoms with van der Waals surface area (Å²) in [7, 11) is 1.52. The van der Waals surface area contributed by atoms with Crippen LogP contribution in [0.2, 0.25) is 0 Å². The predicted molar refractivity (Wildman–Crippen MR) is 54.7 cm³/mol. The van der Waals surface area contributed by atoms with Gasteiger partial charge in [0.25, 0.3) is 5.91 Å². The molecule has 1 amide bonds. The van der Waals surface area contributed by atoms with E-state index in [1.165, 1.54) is 7.11 Å². The number of likely N-dealkylation sites (tertiary alicyclic amines) is 1. The summed E-state index contributed by atoms with van der Waals surface area (Å²) in [5.41, 5.74) is 6.20. The van der Waals surface area contributed by atoms with Crippen molar-refractivity contribution in [3.8, 4) is 5.88 Å². The fourth-order valence-electron chi connectivity index (χ4n) is 1.52. The maximum Gasteiger partial charge on any atom is 0.254 e. The zero-order valence-electron chi connectivity index (χ0n) is 8.51. The van der Waals surface area contributed by atoms with Crippen LogP contribution in [0.25, 0.3) is 0 Å². The average molecular weight is 207 g/mol. The van der Waals surface area contributed by atoms with Crippen molar-refractivity contribution in [3.63, 3.8) is 0 Å². The minimum atomic E-state index is -0.0163. The van der Waals surface area contributed by atoms with E-state index in [4.69, 9.17) is 10.5 Å². The van der Waals surface area contributed by atoms with Crippen molar-refractivity contribution in [2.45, 2.75) is 6.04 Å². The Morgan fingerprint density at radius 2 is 2.40 bits per heavy atom. The third-order valence-electron chi connectivity index (χ3n) is 2.39. The fraction of sp³-hybridized carbons (Fsp3) is 0.400. The minimum Gasteiger partial charge on any atom is -0.481 e. The first kappa shape index (κ1) is 9.92. The highest BCUT2D eigenvalue weighted by Gasteiger charge is 2.28. The van der Waals surface area contributed by atoms with Crippen LogP contribution in [0.5, 0.6) is 5.88 Å². The maximum atomic E-state index is 11.8. The Morgan fingerprint density at radius 3 is 3.00 bits per heavy atom. The van der Waals surface area contributed by atoms with Crippen LogP contribution in [0.3, 0.4) is 0 Å². The smallest absolute Gasteiger partial charge is 0.254 e. The van der Waals surface area contributed by atoms with Crippen molar-refractivity contribution in [1.29, 1.82) is 0 Å². The molecule has 0 bridgehead atoms. The minimum absolute atomic E-state index is 0.0163. The van der Waals surface area contributed by atoms with Crippen molar-refractivity contribution >= 4 is 5.91 Å². The molecule has 0 spiro atoms. The zero-order chi connectivity index (χ0) is 10.8. The van der Waals surface area contributed by atoms with E-state index < -0.39 is 0 Å². The molecule has 1 aromatic heterocycles. The monoisotopic (exact) mass is 207 g/mol. The van der Waals surface area contributed by atoms with Gasteiger partial charge in [-0.15, -0.1) is 0 Å². The van der Waals surface area contributed by atoms with E-state index in [2.05, 4.69) is 4.98 Å². The highest BCUT2D eigenvalue weighted by atomic mass is 16.5. The molecule has 1 aliphatic heterocycles. The Labute approximate surface area is 87.8 Å². The summed E-state index contributed by atoms with van der Waals surface area (Å²) in [6.07, 6.45) is 1.56. The van der Waals surface area contributed by atoms with Gasteiger partial charge in [0, 0.05) is 37.0 Å². The first-order valence-corrected chi connectivity index (χ1v) is 4.75. The van der Waals surface area contributed by atoms with Crippen molar-refractivity contribution in [2.75, 3.05) is 20.2 Å². The molecule has 0 aliphatic carbocycles. The molecule has 0 aromatic carbocycles. The van der Waals surface area contributed by atoms with Gasteiger partial charge in [-0.25, -0.2) is 4.98 Å². The standard InChI is InChI=1S/C10H13N3O2/c1-15-9-4-7(2-3-12-9)10(14)13-5-8(11)6-13/h2-4,8H,5-6,11H2,1H3. The highest BCUT2D eigenvalue weighted by molar-refractivity contribution is 5.95. The van der Waals surface area contributed by atoms with Crippen LogP contribution in [0.15, 0.2) is 18.3 Å². The molecule has 1 fully saturated rings. The van der Waals surface area contributed by atoms with Crippen molar-refractivity contribution < 1.29 is 9.53 Å². The second kappa shape index (κ2) is 3.86. The predicted octanol–water partition coefficient (Wildman–Crippen LogP) is -0.127.